The number of anilines is 1. The Morgan fingerprint density at radius 1 is 1.20 bits per heavy atom. The second-order valence-corrected chi connectivity index (χ2v) is 6.64. The smallest absolute Gasteiger partial charge is 0.321 e. The minimum absolute atomic E-state index is 0.0855. The quantitative estimate of drug-likeness (QED) is 0.891. The molecule has 7 heteroatoms. The Morgan fingerprint density at radius 2 is 1.96 bits per heavy atom. The summed E-state index contributed by atoms with van der Waals surface area (Å²) >= 11 is 0. The van der Waals surface area contributed by atoms with Gasteiger partial charge in [0.05, 0.1) is 24.8 Å². The fourth-order valence-corrected chi connectivity index (χ4v) is 3.32. The van der Waals surface area contributed by atoms with Gasteiger partial charge in [-0.05, 0) is 37.5 Å². The zero-order valence-electron chi connectivity index (χ0n) is 14.5. The van der Waals surface area contributed by atoms with E-state index in [9.17, 15) is 14.0 Å². The van der Waals surface area contributed by atoms with Gasteiger partial charge in [-0.25, -0.2) is 9.18 Å². The molecule has 2 aliphatic rings. The van der Waals surface area contributed by atoms with E-state index in [1.807, 2.05) is 4.90 Å². The minimum atomic E-state index is -0.452. The van der Waals surface area contributed by atoms with Crippen molar-refractivity contribution < 1.29 is 18.7 Å². The van der Waals surface area contributed by atoms with Gasteiger partial charge in [0, 0.05) is 26.2 Å². The van der Waals surface area contributed by atoms with Crippen LogP contribution in [0.1, 0.15) is 18.4 Å². The average molecular weight is 349 g/mol. The number of ether oxygens (including phenoxy) is 1. The van der Waals surface area contributed by atoms with E-state index in [0.29, 0.717) is 39.4 Å². The topological polar surface area (TPSA) is 61.9 Å². The zero-order valence-corrected chi connectivity index (χ0v) is 14.5. The highest BCUT2D eigenvalue weighted by Gasteiger charge is 2.32. The van der Waals surface area contributed by atoms with Gasteiger partial charge in [-0.3, -0.25) is 4.79 Å². The Kier molecular flexibility index (Phi) is 5.53. The highest BCUT2D eigenvalue weighted by atomic mass is 19.1. The van der Waals surface area contributed by atoms with E-state index in [1.54, 1.807) is 24.0 Å². The summed E-state index contributed by atoms with van der Waals surface area (Å²) in [4.78, 5) is 28.5. The van der Waals surface area contributed by atoms with Crippen LogP contribution in [0, 0.1) is 18.7 Å². The van der Waals surface area contributed by atoms with Crippen molar-refractivity contribution in [1.29, 1.82) is 0 Å². The van der Waals surface area contributed by atoms with Crippen molar-refractivity contribution in [1.82, 2.24) is 9.80 Å². The average Bonchev–Trinajstić information content (AvgIpc) is 2.64. The standard InChI is InChI=1S/C18H24FN3O3/c1-13-4-5-16(15(19)11-13)20-18(24)22-6-2-3-14(12-22)17(23)21-7-9-25-10-8-21/h4-5,11,14H,2-3,6-10,12H2,1H3,(H,20,24). The third kappa shape index (κ3) is 4.28. The number of carbonyl (C=O) groups excluding carboxylic acids is 2. The van der Waals surface area contributed by atoms with Crippen LogP contribution in [0.25, 0.3) is 0 Å². The number of nitrogens with zero attached hydrogens (tertiary/aromatic N) is 2. The lowest BCUT2D eigenvalue weighted by atomic mass is 9.96. The summed E-state index contributed by atoms with van der Waals surface area (Å²) in [6.07, 6.45) is 1.55. The second kappa shape index (κ2) is 7.82. The van der Waals surface area contributed by atoms with E-state index in [4.69, 9.17) is 4.74 Å². The van der Waals surface area contributed by atoms with Gasteiger partial charge in [0.2, 0.25) is 5.91 Å². The van der Waals surface area contributed by atoms with Crippen molar-refractivity contribution in [2.45, 2.75) is 19.8 Å². The molecule has 25 heavy (non-hydrogen) atoms. The van der Waals surface area contributed by atoms with E-state index in [0.717, 1.165) is 18.4 Å². The molecule has 1 N–H and O–H groups in total. The molecule has 0 aromatic heterocycles. The number of amides is 3. The molecule has 1 unspecified atom stereocenters. The molecule has 2 heterocycles. The normalized spacial score (nSPS) is 21.1. The third-order valence-corrected chi connectivity index (χ3v) is 4.75. The fourth-order valence-electron chi connectivity index (χ4n) is 3.32. The number of aryl methyl sites for hydroxylation is 1. The van der Waals surface area contributed by atoms with Crippen LogP contribution in [-0.4, -0.2) is 61.1 Å². The molecule has 2 fully saturated rings. The lowest BCUT2D eigenvalue weighted by Gasteiger charge is -2.36. The maximum Gasteiger partial charge on any atom is 0.321 e. The fraction of sp³-hybridized carbons (Fsp3) is 0.556. The van der Waals surface area contributed by atoms with Crippen molar-refractivity contribution >= 4 is 17.6 Å². The van der Waals surface area contributed by atoms with Gasteiger partial charge in [0.25, 0.3) is 0 Å². The van der Waals surface area contributed by atoms with Gasteiger partial charge >= 0.3 is 6.03 Å². The molecule has 0 bridgehead atoms. The third-order valence-electron chi connectivity index (χ3n) is 4.75. The van der Waals surface area contributed by atoms with Crippen molar-refractivity contribution in [3.63, 3.8) is 0 Å². The number of morpholine rings is 1. The van der Waals surface area contributed by atoms with E-state index < -0.39 is 5.82 Å². The predicted molar refractivity (Wildman–Crippen MR) is 91.9 cm³/mol. The molecule has 0 spiro atoms. The van der Waals surface area contributed by atoms with Crippen LogP contribution in [0.15, 0.2) is 18.2 Å². The Hall–Kier alpha value is -2.15. The molecule has 3 rings (SSSR count). The number of urea groups is 1. The molecular formula is C18H24FN3O3. The zero-order chi connectivity index (χ0) is 17.8. The lowest BCUT2D eigenvalue weighted by Crippen LogP contribution is -2.50. The van der Waals surface area contributed by atoms with Crippen LogP contribution < -0.4 is 5.32 Å². The first kappa shape index (κ1) is 17.7. The SMILES string of the molecule is Cc1ccc(NC(=O)N2CCCC(C(=O)N3CCOCC3)C2)c(F)c1. The largest absolute Gasteiger partial charge is 0.378 e. The van der Waals surface area contributed by atoms with Gasteiger partial charge < -0.3 is 19.9 Å². The highest BCUT2D eigenvalue weighted by molar-refractivity contribution is 5.90. The molecule has 1 aromatic carbocycles. The monoisotopic (exact) mass is 349 g/mol. The summed E-state index contributed by atoms with van der Waals surface area (Å²) in [5, 5.41) is 2.61. The summed E-state index contributed by atoms with van der Waals surface area (Å²) in [5.74, 6) is -0.561. The predicted octanol–water partition coefficient (Wildman–Crippen LogP) is 2.24. The number of hydrogen-bond donors (Lipinski definition) is 1. The first-order valence-corrected chi connectivity index (χ1v) is 8.73. The molecule has 0 saturated carbocycles. The van der Waals surface area contributed by atoms with Gasteiger partial charge in [0.15, 0.2) is 0 Å². The molecular weight excluding hydrogens is 325 g/mol. The van der Waals surface area contributed by atoms with Crippen LogP contribution in [0.4, 0.5) is 14.9 Å². The molecule has 1 aromatic rings. The number of nitrogens with one attached hydrogen (secondary N) is 1. The van der Waals surface area contributed by atoms with Crippen LogP contribution in [0.5, 0.6) is 0 Å². The second-order valence-electron chi connectivity index (χ2n) is 6.64. The highest BCUT2D eigenvalue weighted by Crippen LogP contribution is 2.21. The lowest BCUT2D eigenvalue weighted by molar-refractivity contribution is -0.141. The maximum atomic E-state index is 13.9. The van der Waals surface area contributed by atoms with Crippen molar-refractivity contribution in [3.8, 4) is 0 Å². The maximum absolute atomic E-state index is 13.9. The number of piperidine rings is 1. The number of benzene rings is 1. The first-order chi connectivity index (χ1) is 12.0. The van der Waals surface area contributed by atoms with Crippen LogP contribution in [0.3, 0.4) is 0 Å². The van der Waals surface area contributed by atoms with Crippen LogP contribution >= 0.6 is 0 Å². The summed E-state index contributed by atoms with van der Waals surface area (Å²) in [5.41, 5.74) is 0.960. The Morgan fingerprint density at radius 3 is 2.68 bits per heavy atom. The van der Waals surface area contributed by atoms with E-state index in [1.165, 1.54) is 6.07 Å². The molecule has 136 valence electrons. The van der Waals surface area contributed by atoms with Gasteiger partial charge in [0.1, 0.15) is 5.82 Å². The Labute approximate surface area is 146 Å². The number of carbonyl (C=O) groups is 2. The summed E-state index contributed by atoms with van der Waals surface area (Å²) in [6.45, 7) is 5.08. The summed E-state index contributed by atoms with van der Waals surface area (Å²) in [6, 6.07) is 4.33. The Balaban J connectivity index is 1.60. The molecule has 0 radical (unpaired) electrons. The molecule has 1 atom stereocenters. The van der Waals surface area contributed by atoms with E-state index >= 15 is 0 Å². The van der Waals surface area contributed by atoms with Gasteiger partial charge in [-0.1, -0.05) is 6.07 Å². The molecule has 0 aliphatic carbocycles. The van der Waals surface area contributed by atoms with Gasteiger partial charge in [-0.2, -0.15) is 0 Å². The molecule has 2 saturated heterocycles. The van der Waals surface area contributed by atoms with Crippen LogP contribution in [0.2, 0.25) is 0 Å². The molecule has 3 amide bonds. The van der Waals surface area contributed by atoms with Gasteiger partial charge in [-0.15, -0.1) is 0 Å². The number of hydrogen-bond acceptors (Lipinski definition) is 3. The number of likely N-dealkylation sites (tertiary alicyclic amines) is 1. The minimum Gasteiger partial charge on any atom is -0.378 e. The molecule has 2 aliphatic heterocycles. The van der Waals surface area contributed by atoms with E-state index in [2.05, 4.69) is 5.32 Å². The van der Waals surface area contributed by atoms with E-state index in [-0.39, 0.29) is 23.5 Å². The Bertz CT molecular complexity index is 646. The van der Waals surface area contributed by atoms with Crippen molar-refractivity contribution in [2.75, 3.05) is 44.7 Å². The van der Waals surface area contributed by atoms with Crippen molar-refractivity contribution in [2.24, 2.45) is 5.92 Å². The number of halogens is 1. The first-order valence-electron chi connectivity index (χ1n) is 8.73. The molecule has 6 nitrogen and oxygen atoms in total. The summed E-state index contributed by atoms with van der Waals surface area (Å²) < 4.78 is 19.2. The summed E-state index contributed by atoms with van der Waals surface area (Å²) in [7, 11) is 0. The van der Waals surface area contributed by atoms with Crippen LogP contribution in [-0.2, 0) is 9.53 Å². The van der Waals surface area contributed by atoms with Crippen molar-refractivity contribution in [3.05, 3.63) is 29.6 Å². The number of rotatable bonds is 2.